The van der Waals surface area contributed by atoms with Crippen LogP contribution in [0.5, 0.6) is 0 Å². The molecule has 0 unspecified atom stereocenters. The van der Waals surface area contributed by atoms with Gasteiger partial charge in [0, 0.05) is 35.1 Å². The molecule has 0 aromatic heterocycles. The Balaban J connectivity index is 2.28. The molecule has 0 radical (unpaired) electrons. The molecule has 2 aromatic carbocycles. The van der Waals surface area contributed by atoms with Crippen LogP contribution in [0.2, 0.25) is 0 Å². The molecule has 0 bridgehead atoms. The maximum atomic E-state index is 14.4. The van der Waals surface area contributed by atoms with E-state index in [0.29, 0.717) is 11.8 Å². The number of aliphatic imine (C=N–C) groups is 1. The minimum Gasteiger partial charge on any atom is -0.397 e. The number of nitrogens with one attached hydrogen (secondary N) is 1. The molecule has 3 nitrogen and oxygen atoms in total. The molecule has 0 saturated heterocycles. The highest BCUT2D eigenvalue weighted by molar-refractivity contribution is 6.11. The smallest absolute Gasteiger partial charge is 0.331 e. The molecule has 0 saturated carbocycles. The summed E-state index contributed by atoms with van der Waals surface area (Å²) >= 11 is 0. The van der Waals surface area contributed by atoms with Gasteiger partial charge in [0.15, 0.2) is 0 Å². The Hall–Kier alpha value is -2.97. The summed E-state index contributed by atoms with van der Waals surface area (Å²) < 4.78 is 78.1. The average molecular weight is 387 g/mol. The number of nitrogens with zero attached hydrogens (tertiary/aromatic N) is 1. The summed E-state index contributed by atoms with van der Waals surface area (Å²) in [6.07, 6.45) is -2.76. The average Bonchev–Trinajstić information content (AvgIpc) is 2.62. The molecule has 2 aromatic rings. The maximum absolute atomic E-state index is 14.4. The Bertz CT molecular complexity index is 849. The van der Waals surface area contributed by atoms with Crippen molar-refractivity contribution in [1.29, 1.82) is 0 Å². The summed E-state index contributed by atoms with van der Waals surface area (Å²) in [6.45, 7) is -3.10. The van der Waals surface area contributed by atoms with Gasteiger partial charge in [-0.1, -0.05) is 18.2 Å². The van der Waals surface area contributed by atoms with Gasteiger partial charge in [0.05, 0.1) is 5.70 Å². The topological polar surface area (TPSA) is 50.4 Å². The van der Waals surface area contributed by atoms with Crippen molar-refractivity contribution in [2.24, 2.45) is 10.7 Å². The van der Waals surface area contributed by atoms with Crippen LogP contribution in [0.25, 0.3) is 5.57 Å². The molecule has 2 rings (SSSR count). The van der Waals surface area contributed by atoms with Gasteiger partial charge in [-0.05, 0) is 24.3 Å². The Kier molecular flexibility index (Phi) is 6.86. The van der Waals surface area contributed by atoms with E-state index < -0.39 is 41.4 Å². The fraction of sp³-hybridized carbons (Fsp3) is 0.167. The van der Waals surface area contributed by atoms with Crippen molar-refractivity contribution in [1.82, 2.24) is 0 Å². The van der Waals surface area contributed by atoms with Crippen LogP contribution < -0.4 is 11.1 Å². The first kappa shape index (κ1) is 20.3. The molecule has 0 aliphatic carbocycles. The maximum Gasteiger partial charge on any atom is 0.331 e. The first-order valence-electron chi connectivity index (χ1n) is 7.66. The van der Waals surface area contributed by atoms with Gasteiger partial charge >= 0.3 is 6.55 Å². The molecule has 0 spiro atoms. The van der Waals surface area contributed by atoms with Crippen molar-refractivity contribution in [3.8, 4) is 0 Å². The van der Waals surface area contributed by atoms with Crippen LogP contribution in [-0.4, -0.2) is 19.2 Å². The number of benzene rings is 2. The largest absolute Gasteiger partial charge is 0.397 e. The number of rotatable bonds is 7. The molecule has 0 amide bonds. The first-order chi connectivity index (χ1) is 12.8. The van der Waals surface area contributed by atoms with Crippen molar-refractivity contribution in [2.45, 2.75) is 19.5 Å². The minimum absolute atomic E-state index is 0.0557. The zero-order chi connectivity index (χ0) is 20.0. The molecule has 0 heterocycles. The zero-order valence-electron chi connectivity index (χ0n) is 13.8. The first-order valence-corrected chi connectivity index (χ1v) is 7.66. The second kappa shape index (κ2) is 9.11. The minimum atomic E-state index is -3.18. The predicted octanol–water partition coefficient (Wildman–Crippen LogP) is 4.81. The number of hydrogen-bond donors (Lipinski definition) is 2. The van der Waals surface area contributed by atoms with Gasteiger partial charge in [0.1, 0.15) is 11.6 Å². The van der Waals surface area contributed by atoms with Crippen LogP contribution in [0.15, 0.2) is 53.2 Å². The van der Waals surface area contributed by atoms with E-state index in [-0.39, 0.29) is 12.2 Å². The number of halogens is 6. The molecule has 9 heteroatoms. The van der Waals surface area contributed by atoms with E-state index in [4.69, 9.17) is 5.73 Å². The summed E-state index contributed by atoms with van der Waals surface area (Å²) in [4.78, 5) is 2.70. The van der Waals surface area contributed by atoms with Gasteiger partial charge in [-0.3, -0.25) is 0 Å². The summed E-state index contributed by atoms with van der Waals surface area (Å²) in [5.41, 5.74) is 3.66. The van der Waals surface area contributed by atoms with Gasteiger partial charge in [0.2, 0.25) is 0 Å². The molecular weight excluding hydrogens is 372 g/mol. The lowest BCUT2D eigenvalue weighted by Crippen LogP contribution is -2.13. The highest BCUT2D eigenvalue weighted by atomic mass is 19.3. The van der Waals surface area contributed by atoms with Gasteiger partial charge in [-0.2, -0.15) is 8.78 Å². The van der Waals surface area contributed by atoms with Gasteiger partial charge in [-0.15, -0.1) is 0 Å². The number of alkyl halides is 4. The number of allylic oxidation sites excluding steroid dienone is 2. The fourth-order valence-corrected chi connectivity index (χ4v) is 2.23. The van der Waals surface area contributed by atoms with Crippen molar-refractivity contribution in [2.75, 3.05) is 5.32 Å². The lowest BCUT2D eigenvalue weighted by Gasteiger charge is -2.12. The normalized spacial score (nSPS) is 12.7. The Morgan fingerprint density at radius 2 is 1.74 bits per heavy atom. The summed E-state index contributed by atoms with van der Waals surface area (Å²) in [5, 5.41) is 2.78. The quantitative estimate of drug-likeness (QED) is 0.407. The molecule has 0 aliphatic heterocycles. The zero-order valence-corrected chi connectivity index (χ0v) is 13.8. The van der Waals surface area contributed by atoms with Gasteiger partial charge in [-0.25, -0.2) is 22.6 Å². The molecule has 3 N–H and O–H groups in total. The van der Waals surface area contributed by atoms with Crippen LogP contribution in [0.4, 0.5) is 32.0 Å². The van der Waals surface area contributed by atoms with Crippen molar-refractivity contribution in [3.05, 3.63) is 70.9 Å². The molecular formula is C18H15F6N3. The monoisotopic (exact) mass is 387 g/mol. The molecule has 0 aliphatic rings. The predicted molar refractivity (Wildman–Crippen MR) is 91.7 cm³/mol. The van der Waals surface area contributed by atoms with Crippen LogP contribution in [0, 0.1) is 11.6 Å². The second-order valence-electron chi connectivity index (χ2n) is 5.37. The van der Waals surface area contributed by atoms with Gasteiger partial charge in [0.25, 0.3) is 6.43 Å². The van der Waals surface area contributed by atoms with Crippen LogP contribution in [0.3, 0.4) is 0 Å². The summed E-state index contributed by atoms with van der Waals surface area (Å²) in [5.74, 6) is -1.42. The fourth-order valence-electron chi connectivity index (χ4n) is 2.23. The van der Waals surface area contributed by atoms with Gasteiger partial charge < -0.3 is 11.1 Å². The van der Waals surface area contributed by atoms with E-state index in [2.05, 4.69) is 10.3 Å². The molecule has 27 heavy (non-hydrogen) atoms. The number of hydrogen-bond acceptors (Lipinski definition) is 3. The van der Waals surface area contributed by atoms with E-state index in [1.165, 1.54) is 24.3 Å². The summed E-state index contributed by atoms with van der Waals surface area (Å²) in [6, 6.07) is 9.36. The number of anilines is 1. The Morgan fingerprint density at radius 3 is 2.33 bits per heavy atom. The van der Waals surface area contributed by atoms with E-state index in [1.807, 2.05) is 0 Å². The van der Waals surface area contributed by atoms with Crippen molar-refractivity contribution in [3.63, 3.8) is 0 Å². The van der Waals surface area contributed by atoms with Crippen LogP contribution in [-0.2, 0) is 6.54 Å². The standard InChI is InChI=1S/C18H15F6N3/c19-14-4-2-1-3-10(14)8-26-11-5-6-12(15(20)7-11)13(9-27-18(23)24)16(25)17(21)22/h1-7,9,17-18,26H,8,25H2/b16-13+,27-9+. The van der Waals surface area contributed by atoms with Crippen LogP contribution in [0.1, 0.15) is 11.1 Å². The molecule has 144 valence electrons. The lowest BCUT2D eigenvalue weighted by molar-refractivity contribution is 0.160. The third kappa shape index (κ3) is 5.50. The second-order valence-corrected chi connectivity index (χ2v) is 5.37. The van der Waals surface area contributed by atoms with Crippen molar-refractivity contribution >= 4 is 17.5 Å². The van der Waals surface area contributed by atoms with Crippen LogP contribution >= 0.6 is 0 Å². The molecule has 0 atom stereocenters. The summed E-state index contributed by atoms with van der Waals surface area (Å²) in [7, 11) is 0. The van der Waals surface area contributed by atoms with Crippen molar-refractivity contribution < 1.29 is 26.3 Å². The van der Waals surface area contributed by atoms with E-state index in [1.54, 1.807) is 6.07 Å². The van der Waals surface area contributed by atoms with E-state index in [9.17, 15) is 26.3 Å². The Labute approximate surface area is 151 Å². The highest BCUT2D eigenvalue weighted by Gasteiger charge is 2.17. The molecule has 0 fully saturated rings. The third-order valence-electron chi connectivity index (χ3n) is 3.56. The van der Waals surface area contributed by atoms with E-state index >= 15 is 0 Å². The van der Waals surface area contributed by atoms with E-state index in [0.717, 1.165) is 12.1 Å². The Morgan fingerprint density at radius 1 is 1.04 bits per heavy atom. The third-order valence-corrected chi connectivity index (χ3v) is 3.56. The lowest BCUT2D eigenvalue weighted by atomic mass is 10.0. The SMILES string of the molecule is N/C(=C(\C=N\C(F)F)c1ccc(NCc2ccccc2F)cc1F)C(F)F. The highest BCUT2D eigenvalue weighted by Crippen LogP contribution is 2.25. The number of nitrogens with two attached hydrogens (primary N) is 1.